The molecular weight excluding hydrogens is 316 g/mol. The molecule has 2 heterocycles. The lowest BCUT2D eigenvalue weighted by molar-refractivity contribution is -0.164. The summed E-state index contributed by atoms with van der Waals surface area (Å²) < 4.78 is 5.27. The number of fused-ring (bicyclic) bond motifs is 3. The van der Waals surface area contributed by atoms with Gasteiger partial charge in [0.15, 0.2) is 5.54 Å². The van der Waals surface area contributed by atoms with Crippen LogP contribution in [0.2, 0.25) is 0 Å². The highest BCUT2D eigenvalue weighted by Gasteiger charge is 2.49. The zero-order chi connectivity index (χ0) is 16.6. The molecular formula is C17H19ClN2O3. The van der Waals surface area contributed by atoms with E-state index in [9.17, 15) is 9.59 Å². The lowest BCUT2D eigenvalue weighted by Crippen LogP contribution is -2.57. The maximum absolute atomic E-state index is 12.7. The van der Waals surface area contributed by atoms with Gasteiger partial charge in [-0.1, -0.05) is 18.2 Å². The first-order valence-corrected chi connectivity index (χ1v) is 8.21. The Morgan fingerprint density at radius 2 is 2.13 bits per heavy atom. The van der Waals surface area contributed by atoms with E-state index in [4.69, 9.17) is 16.3 Å². The summed E-state index contributed by atoms with van der Waals surface area (Å²) in [5.41, 5.74) is 1.55. The number of alkyl halides is 1. The van der Waals surface area contributed by atoms with Gasteiger partial charge in [0.25, 0.3) is 0 Å². The Bertz CT molecular complexity index is 770. The molecule has 0 aliphatic carbocycles. The molecule has 5 nitrogen and oxygen atoms in total. The van der Waals surface area contributed by atoms with Crippen LogP contribution in [0.1, 0.15) is 25.1 Å². The SMILES string of the molecule is CCOC(=O)[C@]1(C)c2[nH]c3ccccc3c2CCN1C(=O)CCl. The molecule has 1 N–H and O–H groups in total. The van der Waals surface area contributed by atoms with E-state index in [0.717, 1.165) is 22.2 Å². The van der Waals surface area contributed by atoms with Crippen molar-refractivity contribution in [3.63, 3.8) is 0 Å². The number of esters is 1. The minimum Gasteiger partial charge on any atom is -0.464 e. The Morgan fingerprint density at radius 3 is 2.83 bits per heavy atom. The molecule has 3 rings (SSSR count). The van der Waals surface area contributed by atoms with E-state index < -0.39 is 11.5 Å². The van der Waals surface area contributed by atoms with Crippen molar-refractivity contribution in [1.29, 1.82) is 0 Å². The van der Waals surface area contributed by atoms with Crippen molar-refractivity contribution in [3.05, 3.63) is 35.5 Å². The first-order chi connectivity index (χ1) is 11.0. The number of nitrogens with one attached hydrogen (secondary N) is 1. The normalized spacial score (nSPS) is 20.4. The Hall–Kier alpha value is -2.01. The molecule has 1 amide bonds. The Labute approximate surface area is 139 Å². The van der Waals surface area contributed by atoms with Gasteiger partial charge in [0.05, 0.1) is 12.3 Å². The molecule has 2 aromatic rings. The van der Waals surface area contributed by atoms with Crippen LogP contribution >= 0.6 is 11.6 Å². The van der Waals surface area contributed by atoms with Crippen LogP contribution in [0.15, 0.2) is 24.3 Å². The van der Waals surface area contributed by atoms with E-state index in [1.54, 1.807) is 13.8 Å². The molecule has 1 aromatic carbocycles. The summed E-state index contributed by atoms with van der Waals surface area (Å²) in [5, 5.41) is 1.08. The van der Waals surface area contributed by atoms with Crippen LogP contribution < -0.4 is 0 Å². The van der Waals surface area contributed by atoms with Crippen LogP contribution in [-0.2, 0) is 26.3 Å². The number of halogens is 1. The lowest BCUT2D eigenvalue weighted by atomic mass is 9.86. The van der Waals surface area contributed by atoms with Crippen molar-refractivity contribution >= 4 is 34.4 Å². The number of aromatic amines is 1. The van der Waals surface area contributed by atoms with Gasteiger partial charge in [-0.15, -0.1) is 11.6 Å². The third kappa shape index (κ3) is 2.30. The summed E-state index contributed by atoms with van der Waals surface area (Å²) in [6.45, 7) is 4.18. The number of ether oxygens (including phenoxy) is 1. The zero-order valence-electron chi connectivity index (χ0n) is 13.2. The molecule has 0 fully saturated rings. The summed E-state index contributed by atoms with van der Waals surface area (Å²) >= 11 is 5.75. The lowest BCUT2D eigenvalue weighted by Gasteiger charge is -2.42. The largest absolute Gasteiger partial charge is 0.464 e. The molecule has 0 saturated carbocycles. The molecule has 0 spiro atoms. The van der Waals surface area contributed by atoms with Gasteiger partial charge in [-0.25, -0.2) is 4.79 Å². The molecule has 122 valence electrons. The molecule has 1 aliphatic heterocycles. The van der Waals surface area contributed by atoms with Gasteiger partial charge >= 0.3 is 5.97 Å². The second kappa shape index (κ2) is 5.89. The number of hydrogen-bond acceptors (Lipinski definition) is 3. The second-order valence-corrected chi connectivity index (χ2v) is 6.01. The van der Waals surface area contributed by atoms with Gasteiger partial charge in [0, 0.05) is 17.4 Å². The number of hydrogen-bond donors (Lipinski definition) is 1. The van der Waals surface area contributed by atoms with Crippen LogP contribution in [0.25, 0.3) is 10.9 Å². The summed E-state index contributed by atoms with van der Waals surface area (Å²) in [6, 6.07) is 7.89. The van der Waals surface area contributed by atoms with Crippen molar-refractivity contribution in [1.82, 2.24) is 9.88 Å². The average Bonchev–Trinajstić information content (AvgIpc) is 2.94. The average molecular weight is 335 g/mol. The molecule has 23 heavy (non-hydrogen) atoms. The fraction of sp³-hybridized carbons (Fsp3) is 0.412. The summed E-state index contributed by atoms with van der Waals surface area (Å²) in [7, 11) is 0. The van der Waals surface area contributed by atoms with Gasteiger partial charge in [-0.3, -0.25) is 4.79 Å². The standard InChI is InChI=1S/C17H19ClN2O3/c1-3-23-16(22)17(2)15-12(8-9-20(17)14(21)10-18)11-6-4-5-7-13(11)19-15/h4-7,19H,3,8-10H2,1-2H3/t17-/m0/s1. The monoisotopic (exact) mass is 334 g/mol. The fourth-order valence-electron chi connectivity index (χ4n) is 3.39. The van der Waals surface area contributed by atoms with Crippen molar-refractivity contribution in [2.24, 2.45) is 0 Å². The van der Waals surface area contributed by atoms with E-state index in [1.807, 2.05) is 24.3 Å². The molecule has 1 atom stereocenters. The first kappa shape index (κ1) is 15.9. The number of amides is 1. The zero-order valence-corrected chi connectivity index (χ0v) is 13.9. The topological polar surface area (TPSA) is 62.4 Å². The number of nitrogens with zero attached hydrogens (tertiary/aromatic N) is 1. The minimum atomic E-state index is -1.19. The second-order valence-electron chi connectivity index (χ2n) is 5.75. The third-order valence-corrected chi connectivity index (χ3v) is 4.74. The van der Waals surface area contributed by atoms with Gasteiger partial charge in [-0.2, -0.15) is 0 Å². The van der Waals surface area contributed by atoms with Gasteiger partial charge in [0.1, 0.15) is 5.88 Å². The van der Waals surface area contributed by atoms with E-state index >= 15 is 0 Å². The molecule has 0 unspecified atom stereocenters. The maximum atomic E-state index is 12.7. The number of carbonyl (C=O) groups is 2. The first-order valence-electron chi connectivity index (χ1n) is 7.67. The molecule has 6 heteroatoms. The summed E-state index contributed by atoms with van der Waals surface area (Å²) in [6.07, 6.45) is 0.678. The number of para-hydroxylation sites is 1. The van der Waals surface area contributed by atoms with Gasteiger partial charge in [0.2, 0.25) is 5.91 Å². The highest BCUT2D eigenvalue weighted by molar-refractivity contribution is 6.27. The van der Waals surface area contributed by atoms with Crippen LogP contribution in [0.3, 0.4) is 0 Å². The van der Waals surface area contributed by atoms with Crippen molar-refractivity contribution in [2.45, 2.75) is 25.8 Å². The van der Waals surface area contributed by atoms with Crippen LogP contribution in [0.4, 0.5) is 0 Å². The number of benzene rings is 1. The third-order valence-electron chi connectivity index (χ3n) is 4.51. The molecule has 1 aromatic heterocycles. The number of carbonyl (C=O) groups excluding carboxylic acids is 2. The van der Waals surface area contributed by atoms with Gasteiger partial charge < -0.3 is 14.6 Å². The maximum Gasteiger partial charge on any atom is 0.338 e. The van der Waals surface area contributed by atoms with Crippen LogP contribution in [0, 0.1) is 0 Å². The fourth-order valence-corrected chi connectivity index (χ4v) is 3.53. The van der Waals surface area contributed by atoms with Crippen LogP contribution in [0.5, 0.6) is 0 Å². The van der Waals surface area contributed by atoms with Crippen LogP contribution in [-0.4, -0.2) is 40.8 Å². The van der Waals surface area contributed by atoms with E-state index in [0.29, 0.717) is 13.0 Å². The van der Waals surface area contributed by atoms with E-state index in [2.05, 4.69) is 4.98 Å². The van der Waals surface area contributed by atoms with Crippen molar-refractivity contribution < 1.29 is 14.3 Å². The Kier molecular flexibility index (Phi) is 4.06. The van der Waals surface area contributed by atoms with Gasteiger partial charge in [-0.05, 0) is 31.9 Å². The quantitative estimate of drug-likeness (QED) is 0.693. The Morgan fingerprint density at radius 1 is 1.39 bits per heavy atom. The molecule has 0 bridgehead atoms. The summed E-state index contributed by atoms with van der Waals surface area (Å²) in [4.78, 5) is 29.8. The highest BCUT2D eigenvalue weighted by atomic mass is 35.5. The predicted octanol–water partition coefficient (Wildman–Crippen LogP) is 2.57. The summed E-state index contributed by atoms with van der Waals surface area (Å²) in [5.74, 6) is -0.873. The smallest absolute Gasteiger partial charge is 0.338 e. The molecule has 0 saturated heterocycles. The number of aromatic nitrogens is 1. The number of rotatable bonds is 3. The number of H-pyrrole nitrogens is 1. The minimum absolute atomic E-state index is 0.162. The van der Waals surface area contributed by atoms with Crippen molar-refractivity contribution in [3.8, 4) is 0 Å². The highest BCUT2D eigenvalue weighted by Crippen LogP contribution is 2.39. The molecule has 0 radical (unpaired) electrons. The van der Waals surface area contributed by atoms with Crippen molar-refractivity contribution in [2.75, 3.05) is 19.0 Å². The van der Waals surface area contributed by atoms with E-state index in [-0.39, 0.29) is 18.4 Å². The predicted molar refractivity (Wildman–Crippen MR) is 88.4 cm³/mol. The molecule has 1 aliphatic rings. The van der Waals surface area contributed by atoms with E-state index in [1.165, 1.54) is 4.90 Å². The Balaban J connectivity index is 2.21.